The van der Waals surface area contributed by atoms with Gasteiger partial charge in [0.05, 0.1) is 35.8 Å². The molecule has 3 heterocycles. The number of hydrogen-bond donors (Lipinski definition) is 2. The van der Waals surface area contributed by atoms with Crippen molar-refractivity contribution < 1.29 is 28.6 Å². The fraction of sp³-hybridized carbons (Fsp3) is 0.370. The van der Waals surface area contributed by atoms with E-state index < -0.39 is 5.97 Å². The molecular weight excluding hydrogens is 522 g/mol. The molecule has 0 atom stereocenters. The number of hydrogen-bond acceptors (Lipinski definition) is 10. The van der Waals surface area contributed by atoms with Crippen LogP contribution in [0.25, 0.3) is 11.0 Å². The molecule has 2 aromatic carbocycles. The van der Waals surface area contributed by atoms with Gasteiger partial charge in [0.15, 0.2) is 6.61 Å². The van der Waals surface area contributed by atoms with Gasteiger partial charge in [0.25, 0.3) is 5.91 Å². The molecule has 12 heteroatoms. The molecule has 2 aliphatic heterocycles. The van der Waals surface area contributed by atoms with Crippen molar-refractivity contribution in [1.82, 2.24) is 20.2 Å². The van der Waals surface area contributed by atoms with E-state index in [0.717, 1.165) is 37.4 Å². The zero-order valence-electron chi connectivity index (χ0n) is 21.5. The molecule has 5 rings (SSSR count). The van der Waals surface area contributed by atoms with Crippen LogP contribution in [-0.4, -0.2) is 84.4 Å². The summed E-state index contributed by atoms with van der Waals surface area (Å²) in [6.45, 7) is 2.68. The van der Waals surface area contributed by atoms with Crippen LogP contribution in [0.5, 0.6) is 11.6 Å². The molecule has 0 radical (unpaired) electrons. The first kappa shape index (κ1) is 26.7. The minimum Gasteiger partial charge on any atom is -0.482 e. The molecule has 3 aromatic rings. The number of rotatable bonds is 9. The van der Waals surface area contributed by atoms with Crippen molar-refractivity contribution >= 4 is 46.3 Å². The molecule has 39 heavy (non-hydrogen) atoms. The highest BCUT2D eigenvalue weighted by atomic mass is 32.2. The maximum Gasteiger partial charge on any atom is 0.343 e. The molecule has 0 saturated carbocycles. The Morgan fingerprint density at radius 2 is 1.97 bits per heavy atom. The third-order valence-electron chi connectivity index (χ3n) is 6.53. The number of amides is 2. The van der Waals surface area contributed by atoms with Gasteiger partial charge < -0.3 is 24.8 Å². The Bertz CT molecular complexity index is 1380. The first-order valence-electron chi connectivity index (χ1n) is 12.7. The Labute approximate surface area is 229 Å². The van der Waals surface area contributed by atoms with Crippen molar-refractivity contribution in [3.8, 4) is 11.6 Å². The van der Waals surface area contributed by atoms with Gasteiger partial charge in [-0.25, -0.2) is 14.8 Å². The number of fused-ring (bicyclic) bond motifs is 2. The minimum absolute atomic E-state index is 0.0507. The van der Waals surface area contributed by atoms with E-state index in [4.69, 9.17) is 9.47 Å². The van der Waals surface area contributed by atoms with Crippen molar-refractivity contribution in [2.75, 3.05) is 51.0 Å². The largest absolute Gasteiger partial charge is 0.482 e. The Morgan fingerprint density at radius 1 is 1.13 bits per heavy atom. The fourth-order valence-electron chi connectivity index (χ4n) is 4.41. The van der Waals surface area contributed by atoms with E-state index in [-0.39, 0.29) is 24.5 Å². The predicted molar refractivity (Wildman–Crippen MR) is 145 cm³/mol. The standard InChI is InChI=1S/C27H29N5O6S/c1-36-26(34)15-38-19-3-4-20-21(13-19)31-25(14-28-20)37-11-10-32-8-6-18(7-9-32)29-27(35)17-2-5-23-22(12-17)30-24(33)16-39-23/h2-5,12-14,18H,6-11,15-16H2,1H3,(H,29,35)(H,30,33). The Kier molecular flexibility index (Phi) is 8.42. The lowest BCUT2D eigenvalue weighted by molar-refractivity contribution is -0.142. The van der Waals surface area contributed by atoms with Crippen LogP contribution < -0.4 is 20.1 Å². The molecule has 11 nitrogen and oxygen atoms in total. The summed E-state index contributed by atoms with van der Waals surface area (Å²) >= 11 is 1.48. The zero-order valence-corrected chi connectivity index (χ0v) is 22.3. The number of benzene rings is 2. The molecule has 1 saturated heterocycles. The van der Waals surface area contributed by atoms with Gasteiger partial charge in [-0.3, -0.25) is 14.5 Å². The van der Waals surface area contributed by atoms with E-state index in [1.165, 1.54) is 18.9 Å². The first-order chi connectivity index (χ1) is 19.0. The molecule has 204 valence electrons. The van der Waals surface area contributed by atoms with Crippen LogP contribution in [0.15, 0.2) is 47.5 Å². The van der Waals surface area contributed by atoms with Crippen molar-refractivity contribution in [2.45, 2.75) is 23.8 Å². The molecule has 0 bridgehead atoms. The lowest BCUT2D eigenvalue weighted by Crippen LogP contribution is -2.45. The lowest BCUT2D eigenvalue weighted by atomic mass is 10.0. The van der Waals surface area contributed by atoms with Gasteiger partial charge in [0, 0.05) is 42.2 Å². The van der Waals surface area contributed by atoms with Crippen molar-refractivity contribution in [3.63, 3.8) is 0 Å². The number of methoxy groups -OCH3 is 1. The number of nitrogens with zero attached hydrogens (tertiary/aromatic N) is 3. The number of anilines is 1. The molecule has 0 aliphatic carbocycles. The molecule has 2 aliphatic rings. The Balaban J connectivity index is 1.06. The van der Waals surface area contributed by atoms with Gasteiger partial charge in [-0.2, -0.15) is 0 Å². The SMILES string of the molecule is COC(=O)COc1ccc2ncc(OCCN3CCC(NC(=O)c4ccc5c(c4)NC(=O)CS5)CC3)nc2c1. The molecule has 2 amide bonds. The van der Waals surface area contributed by atoms with Crippen LogP contribution in [0.4, 0.5) is 5.69 Å². The number of carbonyl (C=O) groups excluding carboxylic acids is 3. The summed E-state index contributed by atoms with van der Waals surface area (Å²) < 4.78 is 15.8. The highest BCUT2D eigenvalue weighted by molar-refractivity contribution is 8.00. The maximum atomic E-state index is 12.8. The zero-order chi connectivity index (χ0) is 27.2. The molecule has 0 spiro atoms. The van der Waals surface area contributed by atoms with Crippen LogP contribution in [0.2, 0.25) is 0 Å². The van der Waals surface area contributed by atoms with E-state index >= 15 is 0 Å². The normalized spacial score (nSPS) is 15.8. The number of ether oxygens (including phenoxy) is 3. The third kappa shape index (κ3) is 6.95. The summed E-state index contributed by atoms with van der Waals surface area (Å²) in [5, 5.41) is 5.96. The van der Waals surface area contributed by atoms with Crippen LogP contribution in [0, 0.1) is 0 Å². The quantitative estimate of drug-likeness (QED) is 0.382. The van der Waals surface area contributed by atoms with Gasteiger partial charge in [-0.15, -0.1) is 11.8 Å². The number of likely N-dealkylation sites (tertiary alicyclic amines) is 1. The van der Waals surface area contributed by atoms with Crippen molar-refractivity contribution in [1.29, 1.82) is 0 Å². The van der Waals surface area contributed by atoms with Gasteiger partial charge in [0.2, 0.25) is 11.8 Å². The average molecular weight is 552 g/mol. The third-order valence-corrected chi connectivity index (χ3v) is 7.60. The second-order valence-corrected chi connectivity index (χ2v) is 10.2. The van der Waals surface area contributed by atoms with Gasteiger partial charge in [-0.1, -0.05) is 0 Å². The summed E-state index contributed by atoms with van der Waals surface area (Å²) in [4.78, 5) is 47.9. The van der Waals surface area contributed by atoms with Crippen LogP contribution in [0.1, 0.15) is 23.2 Å². The molecule has 2 N–H and O–H groups in total. The molecule has 0 unspecified atom stereocenters. The summed E-state index contributed by atoms with van der Waals surface area (Å²) in [7, 11) is 1.31. The predicted octanol–water partition coefficient (Wildman–Crippen LogP) is 2.50. The van der Waals surface area contributed by atoms with E-state index in [2.05, 4.69) is 30.2 Å². The van der Waals surface area contributed by atoms with Gasteiger partial charge in [-0.05, 0) is 43.2 Å². The fourth-order valence-corrected chi connectivity index (χ4v) is 5.20. The van der Waals surface area contributed by atoms with Crippen LogP contribution in [-0.2, 0) is 14.3 Å². The number of nitrogens with one attached hydrogen (secondary N) is 2. The van der Waals surface area contributed by atoms with E-state index in [0.29, 0.717) is 46.3 Å². The number of piperidine rings is 1. The second-order valence-electron chi connectivity index (χ2n) is 9.21. The van der Waals surface area contributed by atoms with E-state index in [1.54, 1.807) is 36.5 Å². The van der Waals surface area contributed by atoms with Crippen molar-refractivity contribution in [2.24, 2.45) is 0 Å². The van der Waals surface area contributed by atoms with Crippen LogP contribution in [0.3, 0.4) is 0 Å². The summed E-state index contributed by atoms with van der Waals surface area (Å²) in [6, 6.07) is 10.7. The van der Waals surface area contributed by atoms with Crippen molar-refractivity contribution in [3.05, 3.63) is 48.2 Å². The van der Waals surface area contributed by atoms with E-state index in [1.807, 2.05) is 6.07 Å². The highest BCUT2D eigenvalue weighted by Crippen LogP contribution is 2.32. The van der Waals surface area contributed by atoms with Gasteiger partial charge in [0.1, 0.15) is 12.4 Å². The molecule has 1 fully saturated rings. The highest BCUT2D eigenvalue weighted by Gasteiger charge is 2.22. The number of aromatic nitrogens is 2. The maximum absolute atomic E-state index is 12.8. The Hall–Kier alpha value is -3.90. The number of carbonyl (C=O) groups is 3. The minimum atomic E-state index is -0.463. The van der Waals surface area contributed by atoms with Gasteiger partial charge >= 0.3 is 5.97 Å². The number of esters is 1. The number of thioether (sulfide) groups is 1. The van der Waals surface area contributed by atoms with Crippen LogP contribution >= 0.6 is 11.8 Å². The summed E-state index contributed by atoms with van der Waals surface area (Å²) in [5.41, 5.74) is 2.54. The second kappa shape index (κ2) is 12.3. The Morgan fingerprint density at radius 3 is 2.79 bits per heavy atom. The summed E-state index contributed by atoms with van der Waals surface area (Å²) in [5.74, 6) is 0.660. The van der Waals surface area contributed by atoms with E-state index in [9.17, 15) is 14.4 Å². The summed E-state index contributed by atoms with van der Waals surface area (Å²) in [6.07, 6.45) is 3.27. The monoisotopic (exact) mass is 551 g/mol. The smallest absolute Gasteiger partial charge is 0.343 e. The topological polar surface area (TPSA) is 132 Å². The molecular formula is C27H29N5O6S. The lowest BCUT2D eigenvalue weighted by Gasteiger charge is -2.32. The molecule has 1 aromatic heterocycles. The first-order valence-corrected chi connectivity index (χ1v) is 13.6. The average Bonchev–Trinajstić information content (AvgIpc) is 2.96.